The van der Waals surface area contributed by atoms with Gasteiger partial charge in [0.25, 0.3) is 0 Å². The number of aryl methyl sites for hydroxylation is 1. The molecular weight excluding hydrogens is 366 g/mol. The van der Waals surface area contributed by atoms with Gasteiger partial charge >= 0.3 is 0 Å². The highest BCUT2D eigenvalue weighted by Crippen LogP contribution is 2.23. The predicted molar refractivity (Wildman–Crippen MR) is 116 cm³/mol. The highest BCUT2D eigenvalue weighted by Gasteiger charge is 2.15. The van der Waals surface area contributed by atoms with Crippen LogP contribution >= 0.6 is 0 Å². The van der Waals surface area contributed by atoms with Crippen molar-refractivity contribution in [1.82, 2.24) is 25.4 Å². The summed E-state index contributed by atoms with van der Waals surface area (Å²) in [5.74, 6) is 2.45. The van der Waals surface area contributed by atoms with E-state index in [9.17, 15) is 0 Å². The molecule has 1 atom stereocenters. The number of nitrogens with one attached hydrogen (secondary N) is 2. The van der Waals surface area contributed by atoms with Crippen molar-refractivity contribution >= 4 is 11.6 Å². The van der Waals surface area contributed by atoms with Gasteiger partial charge in [0, 0.05) is 39.5 Å². The lowest BCUT2D eigenvalue weighted by atomic mass is 10.1. The fourth-order valence-electron chi connectivity index (χ4n) is 3.42. The van der Waals surface area contributed by atoms with E-state index in [1.54, 1.807) is 7.11 Å². The van der Waals surface area contributed by atoms with Crippen molar-refractivity contribution < 1.29 is 4.74 Å². The van der Waals surface area contributed by atoms with Crippen LogP contribution in [0.2, 0.25) is 0 Å². The lowest BCUT2D eigenvalue weighted by molar-refractivity contribution is 0.203. The number of aliphatic imine (C=N–C) groups is 1. The Labute approximate surface area is 173 Å². The van der Waals surface area contributed by atoms with Crippen LogP contribution in [0.3, 0.4) is 0 Å². The van der Waals surface area contributed by atoms with Gasteiger partial charge in [-0.15, -0.1) is 10.2 Å². The molecular formula is C21H33N7O. The molecule has 0 radical (unpaired) electrons. The van der Waals surface area contributed by atoms with Gasteiger partial charge in [0.1, 0.15) is 12.4 Å². The van der Waals surface area contributed by atoms with Gasteiger partial charge < -0.3 is 24.8 Å². The fourth-order valence-corrected chi connectivity index (χ4v) is 3.42. The van der Waals surface area contributed by atoms with Gasteiger partial charge in [0.2, 0.25) is 0 Å². The molecule has 1 unspecified atom stereocenters. The Hall–Kier alpha value is -2.61. The van der Waals surface area contributed by atoms with Crippen LogP contribution in [0, 0.1) is 6.92 Å². The van der Waals surface area contributed by atoms with E-state index >= 15 is 0 Å². The molecule has 3 rings (SSSR count). The number of anilines is 1. The van der Waals surface area contributed by atoms with Gasteiger partial charge in [-0.25, -0.2) is 4.99 Å². The Balaban J connectivity index is 1.69. The molecule has 29 heavy (non-hydrogen) atoms. The molecule has 0 amide bonds. The number of guanidine groups is 1. The zero-order valence-electron chi connectivity index (χ0n) is 18.0. The summed E-state index contributed by atoms with van der Waals surface area (Å²) in [5, 5.41) is 15.1. The monoisotopic (exact) mass is 399 g/mol. The summed E-state index contributed by atoms with van der Waals surface area (Å²) in [5.41, 5.74) is 2.54. The van der Waals surface area contributed by atoms with Gasteiger partial charge in [-0.05, 0) is 44.4 Å². The molecule has 0 saturated carbocycles. The third kappa shape index (κ3) is 5.69. The molecule has 0 spiro atoms. The number of rotatable bonds is 8. The third-order valence-corrected chi connectivity index (χ3v) is 5.35. The van der Waals surface area contributed by atoms with Crippen LogP contribution in [0.15, 0.2) is 29.3 Å². The summed E-state index contributed by atoms with van der Waals surface area (Å²) in [4.78, 5) is 7.17. The van der Waals surface area contributed by atoms with Crippen LogP contribution in [-0.4, -0.2) is 54.1 Å². The molecule has 1 saturated heterocycles. The summed E-state index contributed by atoms with van der Waals surface area (Å²) in [6.07, 6.45) is 2.56. The molecule has 1 aliphatic rings. The zero-order valence-corrected chi connectivity index (χ0v) is 18.0. The topological polar surface area (TPSA) is 79.6 Å². The predicted octanol–water partition coefficient (Wildman–Crippen LogP) is 2.17. The normalized spacial score (nSPS) is 15.6. The van der Waals surface area contributed by atoms with Crippen molar-refractivity contribution in [3.05, 3.63) is 41.5 Å². The minimum Gasteiger partial charge on any atom is -0.383 e. The summed E-state index contributed by atoms with van der Waals surface area (Å²) in [6, 6.07) is 8.90. The molecule has 1 aliphatic heterocycles. The van der Waals surface area contributed by atoms with Crippen LogP contribution in [0.1, 0.15) is 43.0 Å². The first-order valence-corrected chi connectivity index (χ1v) is 10.3. The number of aromatic nitrogens is 3. The second-order valence-electron chi connectivity index (χ2n) is 7.46. The number of hydrogen-bond donors (Lipinski definition) is 2. The average molecular weight is 400 g/mol. The second-order valence-corrected chi connectivity index (χ2v) is 7.46. The van der Waals surface area contributed by atoms with E-state index in [2.05, 4.69) is 56.9 Å². The smallest absolute Gasteiger partial charge is 0.192 e. The van der Waals surface area contributed by atoms with E-state index < -0.39 is 0 Å². The molecule has 1 aromatic heterocycles. The molecule has 158 valence electrons. The Morgan fingerprint density at radius 3 is 2.76 bits per heavy atom. The van der Waals surface area contributed by atoms with E-state index in [4.69, 9.17) is 9.73 Å². The molecule has 8 heteroatoms. The van der Waals surface area contributed by atoms with Crippen LogP contribution in [0.4, 0.5) is 5.69 Å². The van der Waals surface area contributed by atoms with Crippen molar-refractivity contribution in [2.24, 2.45) is 12.0 Å². The van der Waals surface area contributed by atoms with Gasteiger partial charge in [-0.1, -0.05) is 12.1 Å². The summed E-state index contributed by atoms with van der Waals surface area (Å²) < 4.78 is 7.12. The first kappa shape index (κ1) is 21.1. The maximum Gasteiger partial charge on any atom is 0.192 e. The highest BCUT2D eigenvalue weighted by atomic mass is 16.5. The second kappa shape index (κ2) is 10.2. The number of hydrogen-bond acceptors (Lipinski definition) is 5. The molecule has 2 heterocycles. The lowest BCUT2D eigenvalue weighted by Crippen LogP contribution is -2.40. The molecule has 1 aromatic carbocycles. The van der Waals surface area contributed by atoms with E-state index in [1.807, 2.05) is 18.5 Å². The van der Waals surface area contributed by atoms with Crippen molar-refractivity contribution in [1.29, 1.82) is 0 Å². The van der Waals surface area contributed by atoms with Gasteiger partial charge in [-0.2, -0.15) is 0 Å². The lowest BCUT2D eigenvalue weighted by Gasteiger charge is -2.22. The van der Waals surface area contributed by atoms with Crippen molar-refractivity contribution in [3.63, 3.8) is 0 Å². The van der Waals surface area contributed by atoms with E-state index in [0.717, 1.165) is 30.7 Å². The number of methoxy groups -OCH3 is 1. The van der Waals surface area contributed by atoms with E-state index in [0.29, 0.717) is 19.7 Å². The fraction of sp³-hybridized carbons (Fsp3) is 0.571. The molecule has 1 fully saturated rings. The van der Waals surface area contributed by atoms with Crippen LogP contribution in [0.25, 0.3) is 0 Å². The minimum atomic E-state index is 0.118. The first-order valence-electron chi connectivity index (χ1n) is 10.3. The maximum atomic E-state index is 5.16. The summed E-state index contributed by atoms with van der Waals surface area (Å²) in [6.45, 7) is 8.14. The van der Waals surface area contributed by atoms with Gasteiger partial charge in [-0.3, -0.25) is 0 Å². The number of benzene rings is 1. The van der Waals surface area contributed by atoms with Crippen molar-refractivity contribution in [2.75, 3.05) is 38.3 Å². The van der Waals surface area contributed by atoms with Gasteiger partial charge in [0.05, 0.1) is 12.6 Å². The molecule has 2 aromatic rings. The number of nitrogens with zero attached hydrogens (tertiary/aromatic N) is 5. The Morgan fingerprint density at radius 1 is 1.28 bits per heavy atom. The van der Waals surface area contributed by atoms with Crippen LogP contribution in [-0.2, 0) is 18.3 Å². The van der Waals surface area contributed by atoms with Crippen LogP contribution in [0.5, 0.6) is 0 Å². The molecule has 0 aliphatic carbocycles. The van der Waals surface area contributed by atoms with Gasteiger partial charge in [0.15, 0.2) is 11.8 Å². The Morgan fingerprint density at radius 2 is 2.07 bits per heavy atom. The van der Waals surface area contributed by atoms with E-state index in [-0.39, 0.29) is 6.04 Å². The van der Waals surface area contributed by atoms with Crippen molar-refractivity contribution in [3.8, 4) is 0 Å². The SMILES string of the molecule is COCCNC(=NCc1nnc(C)n1C)NC(C)c1cccc(N2CCCC2)c1. The quantitative estimate of drug-likeness (QED) is 0.402. The highest BCUT2D eigenvalue weighted by molar-refractivity contribution is 5.80. The molecule has 0 bridgehead atoms. The number of ether oxygens (including phenoxy) is 1. The first-order chi connectivity index (χ1) is 14.1. The standard InChI is InChI=1S/C21H33N7O/c1-16(18-8-7-9-19(14-18)28-11-5-6-12-28)24-21(22-10-13-29-4)23-15-20-26-25-17(2)27(20)3/h7-9,14,16H,5-6,10-13,15H2,1-4H3,(H2,22,23,24). The van der Waals surface area contributed by atoms with E-state index in [1.165, 1.54) is 24.1 Å². The summed E-state index contributed by atoms with van der Waals surface area (Å²) >= 11 is 0. The van der Waals surface area contributed by atoms with Crippen molar-refractivity contribution in [2.45, 2.75) is 39.3 Å². The zero-order chi connectivity index (χ0) is 20.6. The average Bonchev–Trinajstić information content (AvgIpc) is 3.38. The largest absolute Gasteiger partial charge is 0.383 e. The third-order valence-electron chi connectivity index (χ3n) is 5.35. The van der Waals surface area contributed by atoms with Crippen LogP contribution < -0.4 is 15.5 Å². The Kier molecular flexibility index (Phi) is 7.46. The molecule has 8 nitrogen and oxygen atoms in total. The maximum absolute atomic E-state index is 5.16. The summed E-state index contributed by atoms with van der Waals surface area (Å²) in [7, 11) is 3.65. The molecule has 2 N–H and O–H groups in total. The Bertz CT molecular complexity index is 811. The minimum absolute atomic E-state index is 0.118.